The molecule has 1 atom stereocenters. The first-order valence-electron chi connectivity index (χ1n) is 6.83. The fraction of sp³-hybridized carbons (Fsp3) is 0.500. The van der Waals surface area contributed by atoms with Crippen LogP contribution in [0.2, 0.25) is 0 Å². The quantitative estimate of drug-likeness (QED) is 0.603. The van der Waals surface area contributed by atoms with Crippen molar-refractivity contribution >= 4 is 27.5 Å². The van der Waals surface area contributed by atoms with Crippen molar-refractivity contribution < 1.29 is 9.72 Å². The summed E-state index contributed by atoms with van der Waals surface area (Å²) in [4.78, 5) is 27.1. The van der Waals surface area contributed by atoms with Crippen LogP contribution in [0.5, 0.6) is 0 Å². The Labute approximate surface area is 132 Å². The van der Waals surface area contributed by atoms with Gasteiger partial charge in [0.05, 0.1) is 9.40 Å². The summed E-state index contributed by atoms with van der Waals surface area (Å²) in [5.41, 5.74) is 0.279. The summed E-state index contributed by atoms with van der Waals surface area (Å²) in [6.07, 6.45) is 0.908. The van der Waals surface area contributed by atoms with Gasteiger partial charge < -0.3 is 9.80 Å². The highest BCUT2D eigenvalue weighted by molar-refractivity contribution is 9.10. The number of nitrogens with zero attached hydrogens (tertiary/aromatic N) is 3. The van der Waals surface area contributed by atoms with Gasteiger partial charge in [-0.05, 0) is 55.0 Å². The number of halogens is 1. The maximum atomic E-state index is 12.6. The van der Waals surface area contributed by atoms with Gasteiger partial charge in [-0.1, -0.05) is 0 Å². The summed E-state index contributed by atoms with van der Waals surface area (Å²) in [5.74, 6) is -0.145. The maximum Gasteiger partial charge on any atom is 0.284 e. The van der Waals surface area contributed by atoms with Crippen LogP contribution in [0.15, 0.2) is 22.7 Å². The second-order valence-electron chi connectivity index (χ2n) is 5.39. The Morgan fingerprint density at radius 1 is 1.43 bits per heavy atom. The molecule has 1 unspecified atom stereocenters. The topological polar surface area (TPSA) is 66.7 Å². The van der Waals surface area contributed by atoms with Crippen LogP contribution in [0, 0.1) is 10.1 Å². The zero-order valence-electron chi connectivity index (χ0n) is 12.1. The minimum Gasteiger partial charge on any atom is -0.335 e. The number of amides is 1. The Balaban J connectivity index is 2.27. The molecule has 1 heterocycles. The molecule has 1 aliphatic heterocycles. The fourth-order valence-corrected chi connectivity index (χ4v) is 3.02. The van der Waals surface area contributed by atoms with Gasteiger partial charge in [-0.2, -0.15) is 0 Å². The SMILES string of the molecule is CC1CN(C)CCCN1C(=O)c1ccc(Br)c([N+](=O)[O-])c1. The van der Waals surface area contributed by atoms with Gasteiger partial charge in [0.2, 0.25) is 0 Å². The maximum absolute atomic E-state index is 12.6. The molecule has 0 radical (unpaired) electrons. The number of hydrogen-bond acceptors (Lipinski definition) is 4. The second kappa shape index (κ2) is 6.53. The van der Waals surface area contributed by atoms with Gasteiger partial charge in [0.1, 0.15) is 0 Å². The third-order valence-corrected chi connectivity index (χ3v) is 4.37. The molecule has 1 aromatic rings. The summed E-state index contributed by atoms with van der Waals surface area (Å²) in [5, 5.41) is 11.0. The van der Waals surface area contributed by atoms with E-state index in [0.717, 1.165) is 19.5 Å². The standard InChI is InChI=1S/C14H18BrN3O3/c1-10-9-16(2)6-3-7-17(10)14(19)11-4-5-12(15)13(8-11)18(20)21/h4-5,8,10H,3,6-7,9H2,1-2H3. The van der Waals surface area contributed by atoms with Crippen molar-refractivity contribution in [3.63, 3.8) is 0 Å². The van der Waals surface area contributed by atoms with Crippen LogP contribution in [-0.4, -0.2) is 53.4 Å². The first-order chi connectivity index (χ1) is 9.90. The number of carbonyl (C=O) groups excluding carboxylic acids is 1. The molecule has 0 saturated carbocycles. The van der Waals surface area contributed by atoms with Crippen molar-refractivity contribution in [2.24, 2.45) is 0 Å². The van der Waals surface area contributed by atoms with E-state index in [1.165, 1.54) is 6.07 Å². The number of carbonyl (C=O) groups is 1. The van der Waals surface area contributed by atoms with Crippen molar-refractivity contribution in [3.8, 4) is 0 Å². The van der Waals surface area contributed by atoms with Crippen LogP contribution in [-0.2, 0) is 0 Å². The molecular formula is C14H18BrN3O3. The molecule has 0 aromatic heterocycles. The number of rotatable bonds is 2. The van der Waals surface area contributed by atoms with Crippen LogP contribution in [0.3, 0.4) is 0 Å². The van der Waals surface area contributed by atoms with E-state index in [0.29, 0.717) is 16.6 Å². The van der Waals surface area contributed by atoms with Crippen LogP contribution in [0.4, 0.5) is 5.69 Å². The van der Waals surface area contributed by atoms with Crippen LogP contribution >= 0.6 is 15.9 Å². The van der Waals surface area contributed by atoms with Crippen molar-refractivity contribution in [1.29, 1.82) is 0 Å². The van der Waals surface area contributed by atoms with Gasteiger partial charge in [-0.3, -0.25) is 14.9 Å². The van der Waals surface area contributed by atoms with Gasteiger partial charge in [-0.15, -0.1) is 0 Å². The van der Waals surface area contributed by atoms with Crippen LogP contribution in [0.1, 0.15) is 23.7 Å². The molecule has 1 aromatic carbocycles. The lowest BCUT2D eigenvalue weighted by Crippen LogP contribution is -2.42. The van der Waals surface area contributed by atoms with Gasteiger partial charge in [0.15, 0.2) is 0 Å². The van der Waals surface area contributed by atoms with E-state index < -0.39 is 4.92 Å². The lowest BCUT2D eigenvalue weighted by Gasteiger charge is -2.28. The molecule has 1 aliphatic rings. The monoisotopic (exact) mass is 355 g/mol. The number of nitro groups is 1. The molecule has 1 saturated heterocycles. The molecule has 0 spiro atoms. The number of likely N-dealkylation sites (N-methyl/N-ethyl adjacent to an activating group) is 1. The highest BCUT2D eigenvalue weighted by Crippen LogP contribution is 2.26. The third kappa shape index (κ3) is 3.59. The number of hydrogen-bond donors (Lipinski definition) is 0. The molecule has 0 N–H and O–H groups in total. The smallest absolute Gasteiger partial charge is 0.284 e. The van der Waals surface area contributed by atoms with Crippen LogP contribution < -0.4 is 0 Å². The van der Waals surface area contributed by atoms with Crippen molar-refractivity contribution in [2.45, 2.75) is 19.4 Å². The molecule has 2 rings (SSSR count). The average molecular weight is 356 g/mol. The highest BCUT2D eigenvalue weighted by Gasteiger charge is 2.26. The minimum absolute atomic E-state index is 0.0829. The average Bonchev–Trinajstić information content (AvgIpc) is 2.58. The molecule has 114 valence electrons. The molecule has 1 fully saturated rings. The van der Waals surface area contributed by atoms with Gasteiger partial charge >= 0.3 is 0 Å². The van der Waals surface area contributed by atoms with E-state index in [1.54, 1.807) is 17.0 Å². The van der Waals surface area contributed by atoms with Crippen molar-refractivity contribution in [3.05, 3.63) is 38.3 Å². The molecule has 6 nitrogen and oxygen atoms in total. The summed E-state index contributed by atoms with van der Waals surface area (Å²) >= 11 is 3.14. The Bertz CT molecular complexity index is 564. The molecule has 21 heavy (non-hydrogen) atoms. The number of benzene rings is 1. The van der Waals surface area contributed by atoms with Gasteiger partial charge in [0, 0.05) is 30.8 Å². The van der Waals surface area contributed by atoms with Crippen molar-refractivity contribution in [1.82, 2.24) is 9.80 Å². The molecule has 0 aliphatic carbocycles. The molecule has 0 bridgehead atoms. The molecular weight excluding hydrogens is 338 g/mol. The van der Waals surface area contributed by atoms with E-state index in [4.69, 9.17) is 0 Å². The fourth-order valence-electron chi connectivity index (χ4n) is 2.63. The lowest BCUT2D eigenvalue weighted by molar-refractivity contribution is -0.385. The Morgan fingerprint density at radius 2 is 2.14 bits per heavy atom. The number of nitro benzene ring substituents is 1. The Morgan fingerprint density at radius 3 is 2.81 bits per heavy atom. The predicted molar refractivity (Wildman–Crippen MR) is 83.4 cm³/mol. The molecule has 1 amide bonds. The van der Waals surface area contributed by atoms with E-state index in [2.05, 4.69) is 20.8 Å². The Hall–Kier alpha value is -1.47. The second-order valence-corrected chi connectivity index (χ2v) is 6.24. The molecule has 7 heteroatoms. The van der Waals surface area contributed by atoms with E-state index >= 15 is 0 Å². The first-order valence-corrected chi connectivity index (χ1v) is 7.63. The minimum atomic E-state index is -0.486. The predicted octanol–water partition coefficient (Wildman–Crippen LogP) is 2.52. The van der Waals surface area contributed by atoms with Crippen LogP contribution in [0.25, 0.3) is 0 Å². The van der Waals surface area contributed by atoms with E-state index in [-0.39, 0.29) is 17.6 Å². The largest absolute Gasteiger partial charge is 0.335 e. The summed E-state index contributed by atoms with van der Waals surface area (Å²) in [7, 11) is 2.04. The highest BCUT2D eigenvalue weighted by atomic mass is 79.9. The first kappa shape index (κ1) is 15.9. The van der Waals surface area contributed by atoms with E-state index in [9.17, 15) is 14.9 Å². The summed E-state index contributed by atoms with van der Waals surface area (Å²) < 4.78 is 0.382. The van der Waals surface area contributed by atoms with Crippen molar-refractivity contribution in [2.75, 3.05) is 26.7 Å². The summed E-state index contributed by atoms with van der Waals surface area (Å²) in [6, 6.07) is 4.61. The van der Waals surface area contributed by atoms with Gasteiger partial charge in [-0.25, -0.2) is 0 Å². The Kier molecular flexibility index (Phi) is 4.95. The third-order valence-electron chi connectivity index (χ3n) is 3.70. The van der Waals surface area contributed by atoms with E-state index in [1.807, 2.05) is 14.0 Å². The zero-order chi connectivity index (χ0) is 15.6. The van der Waals surface area contributed by atoms with Gasteiger partial charge in [0.25, 0.3) is 11.6 Å². The summed E-state index contributed by atoms with van der Waals surface area (Å²) in [6.45, 7) is 4.44. The lowest BCUT2D eigenvalue weighted by atomic mass is 10.1. The normalized spacial score (nSPS) is 20.1. The zero-order valence-corrected chi connectivity index (χ0v) is 13.7.